The Hall–Kier alpha value is -1.88. The van der Waals surface area contributed by atoms with Gasteiger partial charge in [-0.3, -0.25) is 4.79 Å². The molecule has 1 aromatic rings. The summed E-state index contributed by atoms with van der Waals surface area (Å²) in [6, 6.07) is 6.42. The quantitative estimate of drug-likeness (QED) is 0.794. The summed E-state index contributed by atoms with van der Waals surface area (Å²) in [5, 5.41) is 9.84. The van der Waals surface area contributed by atoms with Crippen molar-refractivity contribution >= 4 is 11.9 Å². The van der Waals surface area contributed by atoms with Gasteiger partial charge in [0.1, 0.15) is 0 Å². The molecule has 0 aliphatic rings. The van der Waals surface area contributed by atoms with Gasteiger partial charge in [-0.25, -0.2) is 4.79 Å². The molecule has 0 saturated heterocycles. The standard InChI is InChI=1S/C12H14O5/c1-16-11(14)7-10(13)8-5-3-4-6-9(8)12(15)17-2/h3-6,10,13H,7H2,1-2H3/t10-/m0/s1. The molecule has 0 spiro atoms. The van der Waals surface area contributed by atoms with Crippen molar-refractivity contribution in [2.24, 2.45) is 0 Å². The van der Waals surface area contributed by atoms with Crippen LogP contribution < -0.4 is 0 Å². The minimum absolute atomic E-state index is 0.204. The van der Waals surface area contributed by atoms with E-state index in [-0.39, 0.29) is 12.0 Å². The Morgan fingerprint density at radius 1 is 1.24 bits per heavy atom. The van der Waals surface area contributed by atoms with Gasteiger partial charge in [0.05, 0.1) is 32.3 Å². The fourth-order valence-corrected chi connectivity index (χ4v) is 1.43. The molecule has 0 radical (unpaired) electrons. The molecule has 17 heavy (non-hydrogen) atoms. The average Bonchev–Trinajstić information content (AvgIpc) is 2.37. The van der Waals surface area contributed by atoms with E-state index in [0.29, 0.717) is 5.56 Å². The van der Waals surface area contributed by atoms with Gasteiger partial charge in [-0.1, -0.05) is 18.2 Å². The number of ether oxygens (including phenoxy) is 2. The molecule has 0 saturated carbocycles. The number of aliphatic hydroxyl groups is 1. The van der Waals surface area contributed by atoms with Gasteiger partial charge < -0.3 is 14.6 Å². The van der Waals surface area contributed by atoms with Crippen molar-refractivity contribution in [2.75, 3.05) is 14.2 Å². The first-order chi connectivity index (χ1) is 8.10. The van der Waals surface area contributed by atoms with Crippen LogP contribution in [0.15, 0.2) is 24.3 Å². The van der Waals surface area contributed by atoms with Crippen LogP contribution >= 0.6 is 0 Å². The SMILES string of the molecule is COC(=O)C[C@H](O)c1ccccc1C(=O)OC. The summed E-state index contributed by atoms with van der Waals surface area (Å²) in [7, 11) is 2.49. The second-order valence-corrected chi connectivity index (χ2v) is 3.37. The molecule has 0 amide bonds. The molecular formula is C12H14O5. The fraction of sp³-hybridized carbons (Fsp3) is 0.333. The second kappa shape index (κ2) is 6.00. The molecule has 0 fully saturated rings. The number of carbonyl (C=O) groups is 2. The molecule has 0 aromatic heterocycles. The van der Waals surface area contributed by atoms with E-state index in [1.165, 1.54) is 20.3 Å². The third kappa shape index (κ3) is 3.29. The van der Waals surface area contributed by atoms with Gasteiger partial charge in [0, 0.05) is 0 Å². The van der Waals surface area contributed by atoms with Gasteiger partial charge >= 0.3 is 11.9 Å². The first kappa shape index (κ1) is 13.2. The van der Waals surface area contributed by atoms with Crippen LogP contribution in [0.4, 0.5) is 0 Å². The van der Waals surface area contributed by atoms with E-state index in [4.69, 9.17) is 0 Å². The van der Waals surface area contributed by atoms with Gasteiger partial charge in [0.2, 0.25) is 0 Å². The third-order valence-electron chi connectivity index (χ3n) is 2.31. The van der Waals surface area contributed by atoms with E-state index >= 15 is 0 Å². The highest BCUT2D eigenvalue weighted by Gasteiger charge is 2.20. The smallest absolute Gasteiger partial charge is 0.338 e. The Balaban J connectivity index is 2.96. The zero-order valence-corrected chi connectivity index (χ0v) is 9.67. The van der Waals surface area contributed by atoms with Crippen molar-refractivity contribution in [1.29, 1.82) is 0 Å². The lowest BCUT2D eigenvalue weighted by atomic mass is 10.0. The predicted octanol–water partition coefficient (Wildman–Crippen LogP) is 1.07. The molecule has 0 aliphatic heterocycles. The topological polar surface area (TPSA) is 72.8 Å². The zero-order chi connectivity index (χ0) is 12.8. The molecule has 92 valence electrons. The van der Waals surface area contributed by atoms with Gasteiger partial charge in [0.25, 0.3) is 0 Å². The number of esters is 2. The lowest BCUT2D eigenvalue weighted by Gasteiger charge is -2.13. The summed E-state index contributed by atoms with van der Waals surface area (Å²) in [6.07, 6.45) is -1.29. The van der Waals surface area contributed by atoms with E-state index in [1.807, 2.05) is 0 Å². The highest BCUT2D eigenvalue weighted by atomic mass is 16.5. The van der Waals surface area contributed by atoms with Gasteiger partial charge in [-0.2, -0.15) is 0 Å². The first-order valence-corrected chi connectivity index (χ1v) is 5.02. The third-order valence-corrected chi connectivity index (χ3v) is 2.31. The number of aliphatic hydroxyl groups excluding tert-OH is 1. The maximum absolute atomic E-state index is 11.4. The fourth-order valence-electron chi connectivity index (χ4n) is 1.43. The van der Waals surface area contributed by atoms with Crippen LogP contribution in [-0.2, 0) is 14.3 Å². The van der Waals surface area contributed by atoms with Crippen LogP contribution in [0.1, 0.15) is 28.4 Å². The van der Waals surface area contributed by atoms with Gasteiger partial charge in [0.15, 0.2) is 0 Å². The molecule has 0 bridgehead atoms. The van der Waals surface area contributed by atoms with E-state index in [1.54, 1.807) is 18.2 Å². The predicted molar refractivity (Wildman–Crippen MR) is 59.4 cm³/mol. The Morgan fingerprint density at radius 3 is 2.47 bits per heavy atom. The van der Waals surface area contributed by atoms with E-state index in [2.05, 4.69) is 9.47 Å². The van der Waals surface area contributed by atoms with E-state index in [9.17, 15) is 14.7 Å². The van der Waals surface area contributed by atoms with Crippen molar-refractivity contribution in [2.45, 2.75) is 12.5 Å². The first-order valence-electron chi connectivity index (χ1n) is 5.02. The van der Waals surface area contributed by atoms with Crippen molar-refractivity contribution in [1.82, 2.24) is 0 Å². The molecule has 0 aliphatic carbocycles. The molecule has 1 N–H and O–H groups in total. The Morgan fingerprint density at radius 2 is 1.88 bits per heavy atom. The van der Waals surface area contributed by atoms with Crippen molar-refractivity contribution in [3.05, 3.63) is 35.4 Å². The van der Waals surface area contributed by atoms with Crippen LogP contribution in [0.2, 0.25) is 0 Å². The number of carbonyl (C=O) groups excluding carboxylic acids is 2. The highest BCUT2D eigenvalue weighted by molar-refractivity contribution is 5.91. The summed E-state index contributed by atoms with van der Waals surface area (Å²) < 4.78 is 9.05. The summed E-state index contributed by atoms with van der Waals surface area (Å²) in [5.41, 5.74) is 0.594. The van der Waals surface area contributed by atoms with Crippen molar-refractivity contribution in [3.63, 3.8) is 0 Å². The highest BCUT2D eigenvalue weighted by Crippen LogP contribution is 2.21. The van der Waals surface area contributed by atoms with E-state index in [0.717, 1.165) is 0 Å². The largest absolute Gasteiger partial charge is 0.469 e. The lowest BCUT2D eigenvalue weighted by molar-refractivity contribution is -0.142. The molecule has 5 nitrogen and oxygen atoms in total. The lowest BCUT2D eigenvalue weighted by Crippen LogP contribution is -2.13. The summed E-state index contributed by atoms with van der Waals surface area (Å²) in [5.74, 6) is -1.10. The van der Waals surface area contributed by atoms with Crippen LogP contribution in [-0.4, -0.2) is 31.3 Å². The summed E-state index contributed by atoms with van der Waals surface area (Å²) in [4.78, 5) is 22.5. The Bertz CT molecular complexity index is 413. The average molecular weight is 238 g/mol. The monoisotopic (exact) mass is 238 g/mol. The molecule has 1 atom stereocenters. The number of rotatable bonds is 4. The van der Waals surface area contributed by atoms with E-state index < -0.39 is 18.0 Å². The number of benzene rings is 1. The minimum atomic E-state index is -1.09. The van der Waals surface area contributed by atoms with Crippen molar-refractivity contribution in [3.8, 4) is 0 Å². The molecule has 0 heterocycles. The number of methoxy groups -OCH3 is 2. The molecule has 1 aromatic carbocycles. The van der Waals surface area contributed by atoms with Crippen LogP contribution in [0.5, 0.6) is 0 Å². The van der Waals surface area contributed by atoms with Gasteiger partial charge in [-0.05, 0) is 11.6 Å². The number of hydrogen-bond donors (Lipinski definition) is 1. The zero-order valence-electron chi connectivity index (χ0n) is 9.67. The Labute approximate surface area is 99.0 Å². The molecule has 0 unspecified atom stereocenters. The Kier molecular flexibility index (Phi) is 4.66. The normalized spacial score (nSPS) is 11.7. The summed E-state index contributed by atoms with van der Waals surface area (Å²) >= 11 is 0. The van der Waals surface area contributed by atoms with Crippen LogP contribution in [0, 0.1) is 0 Å². The van der Waals surface area contributed by atoms with Gasteiger partial charge in [-0.15, -0.1) is 0 Å². The van der Waals surface area contributed by atoms with Crippen LogP contribution in [0.3, 0.4) is 0 Å². The molecular weight excluding hydrogens is 224 g/mol. The second-order valence-electron chi connectivity index (χ2n) is 3.37. The number of hydrogen-bond acceptors (Lipinski definition) is 5. The van der Waals surface area contributed by atoms with Crippen molar-refractivity contribution < 1.29 is 24.2 Å². The maximum Gasteiger partial charge on any atom is 0.338 e. The minimum Gasteiger partial charge on any atom is -0.469 e. The molecule has 1 rings (SSSR count). The van der Waals surface area contributed by atoms with Crippen LogP contribution in [0.25, 0.3) is 0 Å². The maximum atomic E-state index is 11.4. The summed E-state index contributed by atoms with van der Waals surface area (Å²) in [6.45, 7) is 0. The molecule has 5 heteroatoms.